The minimum Gasteiger partial charge on any atom is -0.0718 e. The quantitative estimate of drug-likeness (QED) is 0.354. The molecule has 2 heterocycles. The van der Waals surface area contributed by atoms with E-state index in [-0.39, 0.29) is 0 Å². The lowest BCUT2D eigenvalue weighted by molar-refractivity contribution is 0.905. The molecule has 0 nitrogen and oxygen atoms in total. The summed E-state index contributed by atoms with van der Waals surface area (Å²) in [6, 6.07) is 19.8. The molecule has 2 bridgehead atoms. The van der Waals surface area contributed by atoms with Crippen molar-refractivity contribution < 1.29 is 0 Å². The Hall–Kier alpha value is -0.259. The third-order valence-corrected chi connectivity index (χ3v) is 138. The highest BCUT2D eigenvalue weighted by Gasteiger charge is 2.82. The molecule has 2 aromatic rings. The van der Waals surface area contributed by atoms with E-state index in [0.29, 0.717) is 0 Å². The van der Waals surface area contributed by atoms with E-state index in [0.717, 1.165) is 11.1 Å². The Balaban J connectivity index is 2.39. The molecule has 0 aromatic heterocycles. The van der Waals surface area contributed by atoms with Crippen LogP contribution in [0.15, 0.2) is 48.5 Å². The monoisotopic (exact) mass is 526 g/mol. The topological polar surface area (TPSA) is 0 Å². The van der Waals surface area contributed by atoms with Crippen LogP contribution in [0.5, 0.6) is 0 Å². The van der Waals surface area contributed by atoms with Gasteiger partial charge in [-0.25, -0.2) is 0 Å². The Morgan fingerprint density at radius 3 is 0.750 bits per heavy atom. The van der Waals surface area contributed by atoms with Crippen molar-refractivity contribution in [3.63, 3.8) is 0 Å². The average Bonchev–Trinajstić information content (AvgIpc) is 2.63. The van der Waals surface area contributed by atoms with Crippen LogP contribution in [0, 0.1) is 0 Å². The summed E-state index contributed by atoms with van der Waals surface area (Å²) in [5.74, 6) is 0. The first-order valence-corrected chi connectivity index (χ1v) is 35.8. The van der Waals surface area contributed by atoms with E-state index in [1.807, 2.05) is 0 Å². The van der Waals surface area contributed by atoms with E-state index in [1.165, 1.54) is 0 Å². The van der Waals surface area contributed by atoms with Gasteiger partial charge in [-0.2, -0.15) is 0 Å². The van der Waals surface area contributed by atoms with Gasteiger partial charge in [-0.1, -0.05) is 127 Å². The average molecular weight is 527 g/mol. The van der Waals surface area contributed by atoms with Crippen molar-refractivity contribution >= 4 is 43.6 Å². The molecule has 32 heavy (non-hydrogen) atoms. The maximum absolute atomic E-state index is 2.85. The zero-order valence-corrected chi connectivity index (χ0v) is 28.8. The summed E-state index contributed by atoms with van der Waals surface area (Å²) in [6.45, 7) is 30.9. The van der Waals surface area contributed by atoms with E-state index in [9.17, 15) is 0 Å². The third-order valence-electron chi connectivity index (χ3n) is 9.46. The number of hydrogen-bond donors (Lipinski definition) is 0. The minimum absolute atomic E-state index is 0.767. The van der Waals surface area contributed by atoms with Crippen molar-refractivity contribution in [2.24, 2.45) is 0 Å². The number of rotatable bonds is 4. The van der Waals surface area contributed by atoms with Crippen molar-refractivity contribution in [3.05, 3.63) is 70.8 Å². The highest BCUT2D eigenvalue weighted by atomic mass is 30.2. The second-order valence-corrected chi connectivity index (χ2v) is 78.3. The van der Waals surface area contributed by atoms with Gasteiger partial charge in [-0.15, -0.1) is 0 Å². The summed E-state index contributed by atoms with van der Waals surface area (Å²) in [4.78, 5) is 0. The SMILES string of the molecule is C[Si](C)(C)[Si]1([Si](C)(C)C)C2c3ccccc3C(c3ccccc32)[Si]1([Si](C)(C)C)[Si](C)(C)C. The summed E-state index contributed by atoms with van der Waals surface area (Å²) in [7, 11) is -5.82. The number of fused-ring (bicyclic) bond motifs is 1. The lowest BCUT2D eigenvalue weighted by atomic mass is 9.85. The number of hydrogen-bond acceptors (Lipinski definition) is 0. The molecule has 0 radical (unpaired) electrons. The van der Waals surface area contributed by atoms with Gasteiger partial charge in [0.2, 0.25) is 0 Å². The Labute approximate surface area is 203 Å². The summed E-state index contributed by atoms with van der Waals surface area (Å²) in [6.07, 6.45) is 0. The van der Waals surface area contributed by atoms with Crippen LogP contribution in [0.1, 0.15) is 33.3 Å². The molecule has 2 aliphatic heterocycles. The molecule has 174 valence electrons. The highest BCUT2D eigenvalue weighted by Crippen LogP contribution is 2.67. The molecule has 0 N–H and O–H groups in total. The van der Waals surface area contributed by atoms with Crippen LogP contribution in [-0.4, -0.2) is 43.6 Å². The van der Waals surface area contributed by atoms with Crippen LogP contribution < -0.4 is 0 Å². The molecule has 0 spiro atoms. The molecule has 1 aliphatic carbocycles. The fourth-order valence-corrected chi connectivity index (χ4v) is 242. The molecule has 3 aliphatic rings. The molecule has 0 fully saturated rings. The molecule has 0 atom stereocenters. The smallest absolute Gasteiger partial charge is 0.0481 e. The van der Waals surface area contributed by atoms with Crippen molar-refractivity contribution in [3.8, 4) is 0 Å². The lowest BCUT2D eigenvalue weighted by Crippen LogP contribution is -3.01. The van der Waals surface area contributed by atoms with Gasteiger partial charge >= 0.3 is 0 Å². The van der Waals surface area contributed by atoms with Gasteiger partial charge in [-0.05, 0) is 33.3 Å². The van der Waals surface area contributed by atoms with Crippen molar-refractivity contribution in [2.45, 2.75) is 89.6 Å². The first-order chi connectivity index (χ1) is 14.5. The summed E-state index contributed by atoms with van der Waals surface area (Å²) in [5, 5.41) is 0. The molecule has 0 saturated carbocycles. The fourth-order valence-electron chi connectivity index (χ4n) is 10.1. The molecular formula is C26H46Si6. The van der Waals surface area contributed by atoms with Crippen molar-refractivity contribution in [1.82, 2.24) is 0 Å². The second-order valence-electron chi connectivity index (χ2n) is 14.7. The molecule has 0 amide bonds. The molecule has 6 heteroatoms. The molecule has 2 aromatic carbocycles. The van der Waals surface area contributed by atoms with Crippen molar-refractivity contribution in [1.29, 1.82) is 0 Å². The molecule has 0 saturated heterocycles. The van der Waals surface area contributed by atoms with Gasteiger partial charge in [-0.3, -0.25) is 0 Å². The highest BCUT2D eigenvalue weighted by molar-refractivity contribution is 8.09. The van der Waals surface area contributed by atoms with E-state index in [1.54, 1.807) is 22.3 Å². The first-order valence-electron chi connectivity index (χ1n) is 12.6. The predicted molar refractivity (Wildman–Crippen MR) is 161 cm³/mol. The van der Waals surface area contributed by atoms with Crippen LogP contribution in [0.2, 0.25) is 78.6 Å². The molecular weight excluding hydrogens is 481 g/mol. The summed E-state index contributed by atoms with van der Waals surface area (Å²) >= 11 is 0. The predicted octanol–water partition coefficient (Wildman–Crippen LogP) is 8.00. The van der Waals surface area contributed by atoms with Crippen molar-refractivity contribution in [2.75, 3.05) is 0 Å². The zero-order chi connectivity index (χ0) is 24.1. The normalized spacial score (nSPS) is 24.1. The summed E-state index contributed by atoms with van der Waals surface area (Å²) < 4.78 is 0. The fraction of sp³-hybridized carbons (Fsp3) is 0.538. The number of benzene rings is 2. The Bertz CT molecular complexity index is 886. The van der Waals surface area contributed by atoms with E-state index >= 15 is 0 Å². The zero-order valence-electron chi connectivity index (χ0n) is 22.8. The van der Waals surface area contributed by atoms with Gasteiger partial charge in [0, 0.05) is 43.6 Å². The third kappa shape index (κ3) is 2.74. The van der Waals surface area contributed by atoms with Gasteiger partial charge in [0.15, 0.2) is 0 Å². The van der Waals surface area contributed by atoms with Gasteiger partial charge < -0.3 is 0 Å². The Kier molecular flexibility index (Phi) is 5.54. The summed E-state index contributed by atoms with van der Waals surface area (Å²) in [5.41, 5.74) is 8.67. The largest absolute Gasteiger partial charge is 0.0718 e. The van der Waals surface area contributed by atoms with Gasteiger partial charge in [0.05, 0.1) is 0 Å². The van der Waals surface area contributed by atoms with Gasteiger partial charge in [0.25, 0.3) is 0 Å². The van der Waals surface area contributed by atoms with Crippen LogP contribution in [0.25, 0.3) is 0 Å². The first kappa shape index (κ1) is 24.9. The Morgan fingerprint density at radius 2 is 0.594 bits per heavy atom. The van der Waals surface area contributed by atoms with E-state index in [2.05, 4.69) is 127 Å². The second kappa shape index (κ2) is 7.13. The lowest BCUT2D eigenvalue weighted by Gasteiger charge is -2.77. The minimum atomic E-state index is -1.68. The van der Waals surface area contributed by atoms with Crippen LogP contribution in [0.4, 0.5) is 0 Å². The van der Waals surface area contributed by atoms with Crippen LogP contribution in [0.3, 0.4) is 0 Å². The van der Waals surface area contributed by atoms with Crippen LogP contribution in [-0.2, 0) is 0 Å². The van der Waals surface area contributed by atoms with Crippen LogP contribution >= 0.6 is 0 Å². The maximum atomic E-state index is 2.85. The molecule has 5 rings (SSSR count). The molecule has 0 unspecified atom stereocenters. The van der Waals surface area contributed by atoms with E-state index in [4.69, 9.17) is 0 Å². The standard InChI is InChI=1S/C26H46Si6/c1-27(2,3)31(28(4,5)6)25-21-17-13-15-19-23(21)26(24-20-16-14-18-22(24)25)32(31,29(7,8)9)30(10,11)12/h13-20,25-26H,1-12H3. The van der Waals surface area contributed by atoms with Gasteiger partial charge in [0.1, 0.15) is 0 Å². The van der Waals surface area contributed by atoms with E-state index < -0.39 is 43.6 Å². The maximum Gasteiger partial charge on any atom is 0.0481 e. The Morgan fingerprint density at radius 1 is 0.406 bits per heavy atom.